The lowest BCUT2D eigenvalue weighted by molar-refractivity contribution is 0.00575. The first-order valence-electron chi connectivity index (χ1n) is 50.6. The standard InChI is InChI=1S/C11H24.2C10H22.2C9H20.2C8H14.5C8H16.C8H18/c1-9(2,3)11(7,8)10(4,5)6;1-8(9(2,3)4)10(5,6)7;1-8(2)10(6,7)9(3,4)5;1-7(2)8(3)9(4,5)6;1-7(2)9(5,6)8(3)4;1-6-4-7-2-3-8(6)5-7;1-6-7-2-3-8(6)5-4-7;1-7-3-5-8(2)6-4-7;1-7-4-3-5-8(2)6-7;1-8(2)6-4-3-5-7-8;1-7-5-3-4-6-8(7)2;1-2-8-6-4-3-5-7-8;1-7(2,3)8(4,5)6/h1-8H3;2*8H,1-7H3;2*7-8H,1-6H3;2*6-8H,2-5H2,1H3;2*7-8H,3-6H2,1-2H3;3-7H2,1-2H3;7-8H,3-6H2,1-2H3;8H,2-7H2,1H3;1-6H3/t;;;8-;;6-,7?,8?;;;7-,8?;;7-,8?;;/m...1.0..1.1../s1. The van der Waals surface area contributed by atoms with Crippen molar-refractivity contribution in [1.82, 2.24) is 0 Å². The maximum Gasteiger partial charge on any atom is -0.0257 e. The lowest BCUT2D eigenvalue weighted by Gasteiger charge is -2.49. The highest BCUT2D eigenvalue weighted by atomic mass is 14.5. The average molecular weight is 1590 g/mol. The van der Waals surface area contributed by atoms with Crippen molar-refractivity contribution in [3.05, 3.63) is 0 Å². The van der Waals surface area contributed by atoms with Crippen molar-refractivity contribution in [2.24, 2.45) is 177 Å². The normalized spacial score (nSPS) is 27.0. The van der Waals surface area contributed by atoms with E-state index in [-0.39, 0.29) is 0 Å². The van der Waals surface area contributed by atoms with Gasteiger partial charge in [0.05, 0.1) is 0 Å². The first kappa shape index (κ1) is 119. The molecule has 0 spiro atoms. The summed E-state index contributed by atoms with van der Waals surface area (Å²) in [7, 11) is 0. The predicted molar refractivity (Wildman–Crippen MR) is 528 cm³/mol. The van der Waals surface area contributed by atoms with Gasteiger partial charge in [0.1, 0.15) is 0 Å². The molecule has 0 aromatic carbocycles. The summed E-state index contributed by atoms with van der Waals surface area (Å²) in [6.45, 7) is 118. The van der Waals surface area contributed by atoms with Crippen LogP contribution in [0.15, 0.2) is 0 Å². The van der Waals surface area contributed by atoms with Gasteiger partial charge in [-0.2, -0.15) is 0 Å². The minimum Gasteiger partial charge on any atom is -0.0651 e. The Balaban J connectivity index is -0.000000570. The quantitative estimate of drug-likeness (QED) is 0.257. The van der Waals surface area contributed by atoms with E-state index in [4.69, 9.17) is 0 Å². The molecule has 113 heavy (non-hydrogen) atoms. The molecule has 4 bridgehead atoms. The molecule has 0 N–H and O–H groups in total. The van der Waals surface area contributed by atoms with Crippen LogP contribution >= 0.6 is 0 Å². The van der Waals surface area contributed by atoms with Gasteiger partial charge in [-0.05, 0) is 242 Å². The Bertz CT molecular complexity index is 2110. The van der Waals surface area contributed by atoms with E-state index < -0.39 is 0 Å². The van der Waals surface area contributed by atoms with Gasteiger partial charge < -0.3 is 0 Å². The molecule has 0 aromatic rings. The van der Waals surface area contributed by atoms with Gasteiger partial charge in [-0.3, -0.25) is 0 Å². The van der Waals surface area contributed by atoms with E-state index in [0.717, 1.165) is 112 Å². The van der Waals surface area contributed by atoms with Crippen LogP contribution < -0.4 is 0 Å². The number of rotatable bonds is 5. The lowest BCUT2D eigenvalue weighted by atomic mass is 9.56. The Morgan fingerprint density at radius 2 is 0.628 bits per heavy atom. The van der Waals surface area contributed by atoms with Crippen molar-refractivity contribution in [3.8, 4) is 0 Å². The van der Waals surface area contributed by atoms with Gasteiger partial charge in [0.25, 0.3) is 0 Å². The highest BCUT2D eigenvalue weighted by Gasteiger charge is 2.43. The number of hydrogen-bond acceptors (Lipinski definition) is 0. The molecule has 9 aliphatic carbocycles. The monoisotopic (exact) mass is 1590 g/mol. The summed E-state index contributed by atoms with van der Waals surface area (Å²) in [6.07, 6.45) is 46.3. The highest BCUT2D eigenvalue weighted by Crippen LogP contribution is 2.52. The van der Waals surface area contributed by atoms with E-state index in [9.17, 15) is 0 Å². The van der Waals surface area contributed by atoms with Crippen LogP contribution in [0.2, 0.25) is 0 Å². The van der Waals surface area contributed by atoms with Gasteiger partial charge in [-0.1, -0.05) is 488 Å². The largest absolute Gasteiger partial charge is 0.0651 e. The maximum absolute atomic E-state index is 2.44. The van der Waals surface area contributed by atoms with E-state index in [1.54, 1.807) is 51.4 Å². The summed E-state index contributed by atoms with van der Waals surface area (Å²) >= 11 is 0. The third-order valence-corrected chi connectivity index (χ3v) is 35.3. The fourth-order valence-electron chi connectivity index (χ4n) is 17.9. The van der Waals surface area contributed by atoms with Crippen LogP contribution in [0.1, 0.15) is 552 Å². The Morgan fingerprint density at radius 3 is 0.752 bits per heavy atom. The van der Waals surface area contributed by atoms with Crippen molar-refractivity contribution < 1.29 is 0 Å². The summed E-state index contributed by atoms with van der Waals surface area (Å²) in [5.74, 6) is 18.6. The zero-order valence-corrected chi connectivity index (χ0v) is 89.9. The summed E-state index contributed by atoms with van der Waals surface area (Å²) in [5.41, 5.74) is 5.41. The van der Waals surface area contributed by atoms with Crippen molar-refractivity contribution in [2.75, 3.05) is 0 Å². The number of fused-ring (bicyclic) bond motifs is 4. The molecule has 4 unspecified atom stereocenters. The molecule has 9 aliphatic rings. The molecule has 8 atom stereocenters. The molecule has 0 aromatic heterocycles. The summed E-state index contributed by atoms with van der Waals surface area (Å²) in [6, 6.07) is 0. The maximum atomic E-state index is 2.44. The Hall–Kier alpha value is 0. The average Bonchev–Trinajstić information content (AvgIpc) is 1.57. The van der Waals surface area contributed by atoms with E-state index >= 15 is 0 Å². The molecule has 9 rings (SSSR count). The smallest absolute Gasteiger partial charge is 0.0257 e. The Labute approximate surface area is 725 Å². The number of hydrogen-bond donors (Lipinski definition) is 0. The Morgan fingerprint density at radius 1 is 0.292 bits per heavy atom. The third-order valence-electron chi connectivity index (χ3n) is 35.3. The fraction of sp³-hybridized carbons (Fsp3) is 1.00. The molecular formula is C113H234. The molecular weight excluding hydrogens is 1360 g/mol. The van der Waals surface area contributed by atoms with Gasteiger partial charge in [0, 0.05) is 0 Å². The minimum absolute atomic E-state index is 0.375. The van der Waals surface area contributed by atoms with Crippen LogP contribution in [0.4, 0.5) is 0 Å². The SMILES string of the molecule is CC(C(C)(C)C)C(C)(C)C.CC(C)(C)C(C)(C)C.CC(C)(C)C(C)(C)C(C)(C)C.CC(C)C(C)(C)C(C)(C)C.CC(C)C(C)(C)C(C)C.CC(C)[C@@H](C)C(C)(C)C.CC1(C)CCCCC1.CC1C2CCC1CC2.CC1CCC(C)CC1.CC1CCCC[C@H]1C.CC1CCC[C@@H](C)C1.CCC1CCCCC1.C[C@H]1CC2CCC1C2. The molecule has 0 heterocycles. The van der Waals surface area contributed by atoms with Crippen LogP contribution in [-0.2, 0) is 0 Å². The zero-order chi connectivity index (χ0) is 89.9. The van der Waals surface area contributed by atoms with Crippen LogP contribution in [0, 0.1) is 177 Å². The van der Waals surface area contributed by atoms with E-state index in [2.05, 4.69) is 353 Å². The first-order valence-corrected chi connectivity index (χ1v) is 50.6. The predicted octanol–water partition coefficient (Wildman–Crippen LogP) is 40.6. The lowest BCUT2D eigenvalue weighted by Crippen LogP contribution is -2.41. The van der Waals surface area contributed by atoms with Crippen LogP contribution in [0.3, 0.4) is 0 Å². The minimum atomic E-state index is 0.375. The van der Waals surface area contributed by atoms with Gasteiger partial charge >= 0.3 is 0 Å². The van der Waals surface area contributed by atoms with Crippen molar-refractivity contribution in [1.29, 1.82) is 0 Å². The molecule has 9 fully saturated rings. The molecule has 0 aliphatic heterocycles. The van der Waals surface area contributed by atoms with Gasteiger partial charge in [0.2, 0.25) is 0 Å². The summed E-state index contributed by atoms with van der Waals surface area (Å²) < 4.78 is 0. The van der Waals surface area contributed by atoms with Crippen molar-refractivity contribution >= 4 is 0 Å². The third kappa shape index (κ3) is 51.6. The summed E-state index contributed by atoms with van der Waals surface area (Å²) in [4.78, 5) is 0. The first-order chi connectivity index (χ1) is 50.6. The van der Waals surface area contributed by atoms with Crippen molar-refractivity contribution in [2.45, 2.75) is 552 Å². The molecule has 0 saturated heterocycles. The van der Waals surface area contributed by atoms with Gasteiger partial charge in [0.15, 0.2) is 0 Å². The summed E-state index contributed by atoms with van der Waals surface area (Å²) in [5, 5.41) is 0. The zero-order valence-electron chi connectivity index (χ0n) is 89.9. The van der Waals surface area contributed by atoms with Crippen molar-refractivity contribution in [3.63, 3.8) is 0 Å². The van der Waals surface area contributed by atoms with Crippen LogP contribution in [-0.4, -0.2) is 0 Å². The van der Waals surface area contributed by atoms with Gasteiger partial charge in [-0.25, -0.2) is 0 Å². The second-order valence-electron chi connectivity index (χ2n) is 53.5. The van der Waals surface area contributed by atoms with Gasteiger partial charge in [-0.15, -0.1) is 0 Å². The van der Waals surface area contributed by atoms with E-state index in [1.165, 1.54) is 148 Å². The Kier molecular flexibility index (Phi) is 56.9. The molecule has 686 valence electrons. The molecule has 0 radical (unpaired) electrons. The van der Waals surface area contributed by atoms with E-state index in [0.29, 0.717) is 65.0 Å². The van der Waals surface area contributed by atoms with Crippen LogP contribution in [0.5, 0.6) is 0 Å². The molecule has 0 heteroatoms. The highest BCUT2D eigenvalue weighted by molar-refractivity contribution is 4.93. The van der Waals surface area contributed by atoms with Crippen LogP contribution in [0.25, 0.3) is 0 Å². The molecule has 0 nitrogen and oxygen atoms in total. The molecule has 9 saturated carbocycles. The topological polar surface area (TPSA) is 0 Å². The fourth-order valence-corrected chi connectivity index (χ4v) is 17.9. The second kappa shape index (κ2) is 53.9. The molecule has 0 amide bonds. The second-order valence-corrected chi connectivity index (χ2v) is 53.5. The van der Waals surface area contributed by atoms with E-state index in [1.807, 2.05) is 0 Å².